The summed E-state index contributed by atoms with van der Waals surface area (Å²) < 4.78 is 5.53. The zero-order chi connectivity index (χ0) is 25.5. The first-order valence-electron chi connectivity index (χ1n) is 12.3. The van der Waals surface area contributed by atoms with Crippen LogP contribution in [0.2, 0.25) is 0 Å². The zero-order valence-corrected chi connectivity index (χ0v) is 21.4. The minimum Gasteiger partial charge on any atom is -0.496 e. The molecule has 2 aromatic carbocycles. The highest BCUT2D eigenvalue weighted by molar-refractivity contribution is 7.21. The normalized spacial score (nSPS) is 17.0. The van der Waals surface area contributed by atoms with Crippen LogP contribution < -0.4 is 25.6 Å². The number of anilines is 3. The molecule has 1 atom stereocenters. The highest BCUT2D eigenvalue weighted by Gasteiger charge is 2.33. The SMILES string of the molecule is COc1ccccc1-c1ccc(N2C(=O)Nc3c(C(=O)NC4CCCNC4)sc4nccc2c34)c(C)c1. The number of nitrogens with one attached hydrogen (secondary N) is 3. The van der Waals surface area contributed by atoms with Crippen LogP contribution in [0.3, 0.4) is 0 Å². The van der Waals surface area contributed by atoms with Crippen molar-refractivity contribution in [1.82, 2.24) is 15.6 Å². The third-order valence-electron chi connectivity index (χ3n) is 6.94. The molecule has 1 fully saturated rings. The molecular formula is C28H27N5O3S. The van der Waals surface area contributed by atoms with Gasteiger partial charge in [0.25, 0.3) is 5.91 Å². The number of hydrogen-bond acceptors (Lipinski definition) is 6. The van der Waals surface area contributed by atoms with E-state index in [0.717, 1.165) is 59.4 Å². The lowest BCUT2D eigenvalue weighted by molar-refractivity contribution is 0.0935. The summed E-state index contributed by atoms with van der Waals surface area (Å²) in [6.07, 6.45) is 3.65. The quantitative estimate of drug-likeness (QED) is 0.330. The van der Waals surface area contributed by atoms with Crippen LogP contribution in [-0.2, 0) is 0 Å². The van der Waals surface area contributed by atoms with Crippen LogP contribution in [0.5, 0.6) is 5.75 Å². The topological polar surface area (TPSA) is 95.6 Å². The van der Waals surface area contributed by atoms with Crippen molar-refractivity contribution < 1.29 is 14.3 Å². The maximum absolute atomic E-state index is 13.5. The van der Waals surface area contributed by atoms with Gasteiger partial charge in [0.1, 0.15) is 15.5 Å². The molecule has 0 aliphatic carbocycles. The molecule has 6 rings (SSSR count). The summed E-state index contributed by atoms with van der Waals surface area (Å²) in [6, 6.07) is 15.5. The number of pyridine rings is 1. The van der Waals surface area contributed by atoms with E-state index in [1.165, 1.54) is 11.3 Å². The monoisotopic (exact) mass is 513 g/mol. The van der Waals surface area contributed by atoms with Crippen LogP contribution >= 0.6 is 11.3 Å². The number of nitrogens with zero attached hydrogens (tertiary/aromatic N) is 2. The van der Waals surface area contributed by atoms with Crippen molar-refractivity contribution in [2.24, 2.45) is 0 Å². The predicted octanol–water partition coefficient (Wildman–Crippen LogP) is 5.45. The van der Waals surface area contributed by atoms with Crippen LogP contribution in [-0.4, -0.2) is 43.2 Å². The van der Waals surface area contributed by atoms with Gasteiger partial charge >= 0.3 is 6.03 Å². The third kappa shape index (κ3) is 4.10. The molecule has 0 radical (unpaired) electrons. The van der Waals surface area contributed by atoms with E-state index >= 15 is 0 Å². The lowest BCUT2D eigenvalue weighted by Gasteiger charge is -2.30. The van der Waals surface area contributed by atoms with Crippen molar-refractivity contribution in [3.63, 3.8) is 0 Å². The van der Waals surface area contributed by atoms with E-state index in [0.29, 0.717) is 21.1 Å². The summed E-state index contributed by atoms with van der Waals surface area (Å²) in [5, 5.41) is 10.2. The van der Waals surface area contributed by atoms with Gasteiger partial charge in [-0.1, -0.05) is 24.3 Å². The minimum atomic E-state index is -0.306. The second-order valence-electron chi connectivity index (χ2n) is 9.30. The van der Waals surface area contributed by atoms with Gasteiger partial charge in [-0.25, -0.2) is 9.78 Å². The van der Waals surface area contributed by atoms with Gasteiger partial charge in [0.15, 0.2) is 0 Å². The van der Waals surface area contributed by atoms with Crippen molar-refractivity contribution in [3.8, 4) is 16.9 Å². The van der Waals surface area contributed by atoms with Gasteiger partial charge in [0.2, 0.25) is 0 Å². The molecule has 8 nitrogen and oxygen atoms in total. The van der Waals surface area contributed by atoms with Gasteiger partial charge in [0, 0.05) is 24.3 Å². The smallest absolute Gasteiger partial charge is 0.331 e. The summed E-state index contributed by atoms with van der Waals surface area (Å²) in [6.45, 7) is 3.71. The average molecular weight is 514 g/mol. The third-order valence-corrected chi connectivity index (χ3v) is 8.04. The number of methoxy groups -OCH3 is 1. The number of piperidine rings is 1. The molecule has 1 saturated heterocycles. The van der Waals surface area contributed by atoms with Gasteiger partial charge in [0.05, 0.1) is 29.6 Å². The van der Waals surface area contributed by atoms with Crippen LogP contribution in [0.25, 0.3) is 21.3 Å². The van der Waals surface area contributed by atoms with Gasteiger partial charge in [-0.2, -0.15) is 0 Å². The van der Waals surface area contributed by atoms with Crippen molar-refractivity contribution in [1.29, 1.82) is 0 Å². The summed E-state index contributed by atoms with van der Waals surface area (Å²) >= 11 is 1.31. The van der Waals surface area contributed by atoms with E-state index in [1.54, 1.807) is 18.2 Å². The largest absolute Gasteiger partial charge is 0.496 e. The maximum Gasteiger partial charge on any atom is 0.331 e. The maximum atomic E-state index is 13.5. The second kappa shape index (κ2) is 9.49. The lowest BCUT2D eigenvalue weighted by Crippen LogP contribution is -2.45. The second-order valence-corrected chi connectivity index (χ2v) is 10.3. The van der Waals surface area contributed by atoms with Crippen LogP contribution in [0.1, 0.15) is 28.1 Å². The highest BCUT2D eigenvalue weighted by atomic mass is 32.1. The summed E-state index contributed by atoms with van der Waals surface area (Å²) in [5.74, 6) is 0.614. The number of carbonyl (C=O) groups is 2. The number of carbonyl (C=O) groups excluding carboxylic acids is 2. The van der Waals surface area contributed by atoms with E-state index in [-0.39, 0.29) is 18.0 Å². The van der Waals surface area contributed by atoms with Crippen molar-refractivity contribution >= 4 is 50.6 Å². The molecule has 9 heteroatoms. The van der Waals surface area contributed by atoms with Crippen molar-refractivity contribution in [2.45, 2.75) is 25.8 Å². The molecular weight excluding hydrogens is 486 g/mol. The summed E-state index contributed by atoms with van der Waals surface area (Å²) in [7, 11) is 1.66. The molecule has 4 heterocycles. The first kappa shape index (κ1) is 23.4. The highest BCUT2D eigenvalue weighted by Crippen LogP contribution is 2.46. The Hall–Kier alpha value is -3.95. The van der Waals surface area contributed by atoms with Gasteiger partial charge in [-0.15, -0.1) is 11.3 Å². The molecule has 0 saturated carbocycles. The van der Waals surface area contributed by atoms with E-state index in [2.05, 4.69) is 27.0 Å². The van der Waals surface area contributed by atoms with Gasteiger partial charge < -0.3 is 20.7 Å². The molecule has 4 aromatic rings. The molecule has 0 bridgehead atoms. The minimum absolute atomic E-state index is 0.0753. The van der Waals surface area contributed by atoms with Crippen LogP contribution in [0.15, 0.2) is 54.7 Å². The summed E-state index contributed by atoms with van der Waals surface area (Å²) in [4.78, 5) is 34.1. The molecule has 2 aliphatic rings. The number of thiophene rings is 1. The number of hydrogen-bond donors (Lipinski definition) is 3. The van der Waals surface area contributed by atoms with Gasteiger partial charge in [-0.05, 0) is 61.7 Å². The summed E-state index contributed by atoms with van der Waals surface area (Å²) in [5.41, 5.74) is 4.94. The number of benzene rings is 2. The number of para-hydroxylation sites is 1. The number of urea groups is 1. The number of ether oxygens (including phenoxy) is 1. The first-order chi connectivity index (χ1) is 18.0. The fraction of sp³-hybridized carbons (Fsp3) is 0.250. The molecule has 37 heavy (non-hydrogen) atoms. The van der Waals surface area contributed by atoms with E-state index in [4.69, 9.17) is 4.74 Å². The molecule has 1 unspecified atom stereocenters. The zero-order valence-electron chi connectivity index (χ0n) is 20.6. The standard InChI is InChI=1S/C28H27N5O3S/c1-16-14-17(19-7-3-4-8-22(19)36-2)9-10-20(16)33-21-11-13-30-27-23(21)24(32-28(33)35)25(37-27)26(34)31-18-6-5-12-29-15-18/h3-4,7-11,13-14,18,29H,5-6,12,15H2,1-2H3,(H,31,34)(H,32,35). The molecule has 0 spiro atoms. The van der Waals surface area contributed by atoms with E-state index < -0.39 is 0 Å². The number of amides is 3. The van der Waals surface area contributed by atoms with E-state index in [9.17, 15) is 9.59 Å². The Kier molecular flexibility index (Phi) is 6.02. The molecule has 3 amide bonds. The van der Waals surface area contributed by atoms with Crippen molar-refractivity contribution in [3.05, 3.63) is 65.2 Å². The Bertz CT molecular complexity index is 1530. The van der Waals surface area contributed by atoms with E-state index in [1.807, 2.05) is 49.4 Å². The molecule has 188 valence electrons. The lowest BCUT2D eigenvalue weighted by atomic mass is 10.0. The number of aromatic nitrogens is 1. The average Bonchev–Trinajstić information content (AvgIpc) is 3.29. The van der Waals surface area contributed by atoms with Crippen LogP contribution in [0.4, 0.5) is 21.9 Å². The Morgan fingerprint density at radius 2 is 2.05 bits per heavy atom. The molecule has 2 aliphatic heterocycles. The number of aryl methyl sites for hydroxylation is 1. The Balaban J connectivity index is 1.38. The fourth-order valence-electron chi connectivity index (χ4n) is 5.17. The fourth-order valence-corrected chi connectivity index (χ4v) is 6.19. The first-order valence-corrected chi connectivity index (χ1v) is 13.1. The Morgan fingerprint density at radius 3 is 2.84 bits per heavy atom. The Morgan fingerprint density at radius 1 is 1.19 bits per heavy atom. The van der Waals surface area contributed by atoms with Crippen molar-refractivity contribution in [2.75, 3.05) is 30.4 Å². The molecule has 2 aromatic heterocycles. The van der Waals surface area contributed by atoms with Gasteiger partial charge in [-0.3, -0.25) is 9.69 Å². The molecule has 3 N–H and O–H groups in total. The number of rotatable bonds is 5. The van der Waals surface area contributed by atoms with Crippen LogP contribution in [0, 0.1) is 6.92 Å². The Labute approximate surface area is 218 Å². The predicted molar refractivity (Wildman–Crippen MR) is 147 cm³/mol.